The van der Waals surface area contributed by atoms with E-state index in [-0.39, 0.29) is 5.97 Å². The summed E-state index contributed by atoms with van der Waals surface area (Å²) in [5, 5.41) is 0. The van der Waals surface area contributed by atoms with Gasteiger partial charge in [0, 0.05) is 13.1 Å². The van der Waals surface area contributed by atoms with Gasteiger partial charge in [-0.3, -0.25) is 4.90 Å². The third kappa shape index (κ3) is 5.88. The smallest absolute Gasteiger partial charge is 0.337 e. The quantitative estimate of drug-likeness (QED) is 0.703. The number of nitrogens with one attached hydrogen (secondary N) is 1. The van der Waals surface area contributed by atoms with E-state index < -0.39 is 10.0 Å². The third-order valence-electron chi connectivity index (χ3n) is 5.38. The van der Waals surface area contributed by atoms with Gasteiger partial charge in [-0.05, 0) is 68.6 Å². The molecule has 1 fully saturated rings. The van der Waals surface area contributed by atoms with E-state index in [9.17, 15) is 13.2 Å². The highest BCUT2D eigenvalue weighted by atomic mass is 32.2. The minimum atomic E-state index is -3.45. The van der Waals surface area contributed by atoms with Gasteiger partial charge in [0.25, 0.3) is 0 Å². The van der Waals surface area contributed by atoms with E-state index >= 15 is 0 Å². The van der Waals surface area contributed by atoms with E-state index in [4.69, 9.17) is 4.74 Å². The number of likely N-dealkylation sites (tertiary alicyclic amines) is 1. The van der Waals surface area contributed by atoms with Gasteiger partial charge in [-0.15, -0.1) is 0 Å². The lowest BCUT2D eigenvalue weighted by Crippen LogP contribution is -2.38. The van der Waals surface area contributed by atoms with Crippen LogP contribution in [0.4, 0.5) is 0 Å². The number of esters is 1. The van der Waals surface area contributed by atoms with Crippen molar-refractivity contribution in [3.63, 3.8) is 0 Å². The standard InChI is InChI=1S/C22H28N2O4S/c1-17-3-9-21(10-4-17)29(26,27)23-15-18-11-13-24(14-12-18)16-19-5-7-20(8-6-19)22(25)28-2/h3-10,18,23H,11-16H2,1-2H3. The zero-order valence-electron chi connectivity index (χ0n) is 16.9. The van der Waals surface area contributed by atoms with E-state index in [1.165, 1.54) is 7.11 Å². The van der Waals surface area contributed by atoms with Crippen LogP contribution < -0.4 is 4.72 Å². The Kier molecular flexibility index (Phi) is 7.05. The molecule has 1 heterocycles. The Hall–Kier alpha value is -2.22. The molecule has 3 rings (SSSR count). The summed E-state index contributed by atoms with van der Waals surface area (Å²) < 4.78 is 32.4. The van der Waals surface area contributed by atoms with Crippen LogP contribution in [-0.4, -0.2) is 46.0 Å². The fraction of sp³-hybridized carbons (Fsp3) is 0.409. The van der Waals surface area contributed by atoms with Gasteiger partial charge in [0.15, 0.2) is 0 Å². The van der Waals surface area contributed by atoms with Crippen LogP contribution in [0.2, 0.25) is 0 Å². The average molecular weight is 417 g/mol. The van der Waals surface area contributed by atoms with E-state index in [1.807, 2.05) is 31.2 Å². The molecular weight excluding hydrogens is 388 g/mol. The van der Waals surface area contributed by atoms with Gasteiger partial charge in [-0.1, -0.05) is 29.8 Å². The highest BCUT2D eigenvalue weighted by Gasteiger charge is 2.22. The Morgan fingerprint density at radius 3 is 2.28 bits per heavy atom. The number of rotatable bonds is 7. The first-order chi connectivity index (χ1) is 13.9. The Balaban J connectivity index is 1.45. The fourth-order valence-corrected chi connectivity index (χ4v) is 4.62. The Bertz CT molecular complexity index is 916. The maximum atomic E-state index is 12.4. The molecule has 0 bridgehead atoms. The Morgan fingerprint density at radius 1 is 1.07 bits per heavy atom. The molecular formula is C22H28N2O4S. The van der Waals surface area contributed by atoms with E-state index in [0.29, 0.717) is 22.9 Å². The highest BCUT2D eigenvalue weighted by Crippen LogP contribution is 2.20. The molecule has 0 unspecified atom stereocenters. The van der Waals surface area contributed by atoms with Gasteiger partial charge >= 0.3 is 5.97 Å². The zero-order valence-corrected chi connectivity index (χ0v) is 17.7. The predicted octanol–water partition coefficient (Wildman–Crippen LogP) is 2.97. The first kappa shape index (κ1) is 21.5. The van der Waals surface area contributed by atoms with Crippen LogP contribution in [0, 0.1) is 12.8 Å². The summed E-state index contributed by atoms with van der Waals surface area (Å²) in [5.74, 6) is 0.0126. The second-order valence-electron chi connectivity index (χ2n) is 7.57. The molecule has 0 aliphatic carbocycles. The van der Waals surface area contributed by atoms with Crippen LogP contribution in [0.25, 0.3) is 0 Å². The number of ether oxygens (including phenoxy) is 1. The molecule has 1 N–H and O–H groups in total. The average Bonchev–Trinajstić information content (AvgIpc) is 2.73. The highest BCUT2D eigenvalue weighted by molar-refractivity contribution is 7.89. The number of benzene rings is 2. The van der Waals surface area contributed by atoms with E-state index in [0.717, 1.165) is 43.6 Å². The van der Waals surface area contributed by atoms with Crippen molar-refractivity contribution < 1.29 is 17.9 Å². The molecule has 7 heteroatoms. The molecule has 29 heavy (non-hydrogen) atoms. The number of methoxy groups -OCH3 is 1. The summed E-state index contributed by atoms with van der Waals surface area (Å²) in [7, 11) is -2.08. The lowest BCUT2D eigenvalue weighted by atomic mass is 9.97. The second-order valence-corrected chi connectivity index (χ2v) is 9.34. The number of hydrogen-bond acceptors (Lipinski definition) is 5. The molecule has 6 nitrogen and oxygen atoms in total. The first-order valence-corrected chi connectivity index (χ1v) is 11.3. The normalized spacial score (nSPS) is 15.9. The largest absolute Gasteiger partial charge is 0.465 e. The minimum absolute atomic E-state index is 0.316. The van der Waals surface area contributed by atoms with Crippen molar-refractivity contribution in [2.45, 2.75) is 31.2 Å². The molecule has 2 aromatic carbocycles. The van der Waals surface area contributed by atoms with Crippen molar-refractivity contribution in [2.24, 2.45) is 5.92 Å². The predicted molar refractivity (Wildman–Crippen MR) is 112 cm³/mol. The van der Waals surface area contributed by atoms with Crippen molar-refractivity contribution in [2.75, 3.05) is 26.7 Å². The molecule has 1 saturated heterocycles. The van der Waals surface area contributed by atoms with Crippen molar-refractivity contribution in [1.82, 2.24) is 9.62 Å². The van der Waals surface area contributed by atoms with Crippen LogP contribution in [0.3, 0.4) is 0 Å². The number of carbonyl (C=O) groups excluding carboxylic acids is 1. The maximum Gasteiger partial charge on any atom is 0.337 e. The molecule has 2 aromatic rings. The van der Waals surface area contributed by atoms with Crippen LogP contribution in [0.5, 0.6) is 0 Å². The van der Waals surface area contributed by atoms with Crippen molar-refractivity contribution in [3.8, 4) is 0 Å². The van der Waals surface area contributed by atoms with Crippen LogP contribution in [0.1, 0.15) is 34.3 Å². The van der Waals surface area contributed by atoms with Gasteiger partial charge in [0.05, 0.1) is 17.6 Å². The summed E-state index contributed by atoms with van der Waals surface area (Å²) in [6.45, 7) is 5.08. The van der Waals surface area contributed by atoms with Gasteiger partial charge in [-0.25, -0.2) is 17.9 Å². The zero-order chi connectivity index (χ0) is 20.9. The van der Waals surface area contributed by atoms with Crippen molar-refractivity contribution >= 4 is 16.0 Å². The van der Waals surface area contributed by atoms with Crippen molar-refractivity contribution in [3.05, 3.63) is 65.2 Å². The second kappa shape index (κ2) is 9.52. The first-order valence-electron chi connectivity index (χ1n) is 9.83. The van der Waals surface area contributed by atoms with Crippen molar-refractivity contribution in [1.29, 1.82) is 0 Å². The number of hydrogen-bond donors (Lipinski definition) is 1. The summed E-state index contributed by atoms with van der Waals surface area (Å²) in [6, 6.07) is 14.4. The summed E-state index contributed by atoms with van der Waals surface area (Å²) >= 11 is 0. The Morgan fingerprint density at radius 2 is 1.69 bits per heavy atom. The summed E-state index contributed by atoms with van der Waals surface area (Å²) in [6.07, 6.45) is 1.91. The van der Waals surface area contributed by atoms with E-state index in [1.54, 1.807) is 24.3 Å². The van der Waals surface area contributed by atoms with Gasteiger partial charge in [0.1, 0.15) is 0 Å². The lowest BCUT2D eigenvalue weighted by molar-refractivity contribution is 0.0600. The monoisotopic (exact) mass is 416 g/mol. The number of sulfonamides is 1. The number of piperidine rings is 1. The maximum absolute atomic E-state index is 12.4. The SMILES string of the molecule is COC(=O)c1ccc(CN2CCC(CNS(=O)(=O)c3ccc(C)cc3)CC2)cc1. The molecule has 1 aliphatic rings. The van der Waals surface area contributed by atoms with Gasteiger partial charge < -0.3 is 4.74 Å². The van der Waals surface area contributed by atoms with Gasteiger partial charge in [0.2, 0.25) is 10.0 Å². The number of aryl methyl sites for hydroxylation is 1. The molecule has 0 saturated carbocycles. The lowest BCUT2D eigenvalue weighted by Gasteiger charge is -2.32. The van der Waals surface area contributed by atoms with Crippen LogP contribution in [0.15, 0.2) is 53.4 Å². The van der Waals surface area contributed by atoms with Crippen LogP contribution in [-0.2, 0) is 21.3 Å². The van der Waals surface area contributed by atoms with Gasteiger partial charge in [-0.2, -0.15) is 0 Å². The summed E-state index contributed by atoms with van der Waals surface area (Å²) in [5.41, 5.74) is 2.74. The van der Waals surface area contributed by atoms with Crippen LogP contribution >= 0.6 is 0 Å². The molecule has 0 spiro atoms. The third-order valence-corrected chi connectivity index (χ3v) is 6.82. The molecule has 0 atom stereocenters. The molecule has 0 aromatic heterocycles. The molecule has 156 valence electrons. The molecule has 1 aliphatic heterocycles. The minimum Gasteiger partial charge on any atom is -0.465 e. The van der Waals surface area contributed by atoms with E-state index in [2.05, 4.69) is 9.62 Å². The summed E-state index contributed by atoms with van der Waals surface area (Å²) in [4.78, 5) is 14.2. The molecule has 0 radical (unpaired) electrons. The molecule has 0 amide bonds. The number of carbonyl (C=O) groups is 1. The number of nitrogens with zero attached hydrogens (tertiary/aromatic N) is 1. The topological polar surface area (TPSA) is 75.7 Å². The Labute approximate surface area is 172 Å². The fourth-order valence-electron chi connectivity index (χ4n) is 3.50.